The Balaban J connectivity index is 2.82. The summed E-state index contributed by atoms with van der Waals surface area (Å²) in [5.41, 5.74) is 1.00. The molecule has 0 spiro atoms. The molecule has 0 N–H and O–H groups in total. The van der Waals surface area contributed by atoms with Crippen LogP contribution in [0.1, 0.15) is 12.0 Å². The van der Waals surface area contributed by atoms with Crippen LogP contribution in [0, 0.1) is 0 Å². The second-order valence-corrected chi connectivity index (χ2v) is 7.12. The first-order chi connectivity index (χ1) is 9.41. The van der Waals surface area contributed by atoms with Gasteiger partial charge in [0.05, 0.1) is 26.6 Å². The number of rotatable bonds is 8. The molecule has 0 amide bonds. The van der Waals surface area contributed by atoms with Gasteiger partial charge in [-0.25, -0.2) is 8.42 Å². The zero-order valence-electron chi connectivity index (χ0n) is 11.8. The van der Waals surface area contributed by atoms with Gasteiger partial charge in [0, 0.05) is 11.6 Å². The van der Waals surface area contributed by atoms with Gasteiger partial charge in [0.15, 0.2) is 11.5 Å². The standard InChI is InChI=1S/C13H19BrO5S/c1-17-11-7-10(9-14)8-12(18-2)13(11)19-5-4-6-20(3,15)16/h7-8H,4-6,9H2,1-3H3. The average molecular weight is 367 g/mol. The number of hydrogen-bond acceptors (Lipinski definition) is 5. The van der Waals surface area contributed by atoms with Gasteiger partial charge in [-0.05, 0) is 24.1 Å². The van der Waals surface area contributed by atoms with E-state index < -0.39 is 9.84 Å². The quantitative estimate of drug-likeness (QED) is 0.522. The van der Waals surface area contributed by atoms with Crippen molar-refractivity contribution in [1.29, 1.82) is 0 Å². The predicted molar refractivity (Wildman–Crippen MR) is 82.0 cm³/mol. The third kappa shape index (κ3) is 5.20. The summed E-state index contributed by atoms with van der Waals surface area (Å²) in [4.78, 5) is 0. The molecule has 0 fully saturated rings. The maximum absolute atomic E-state index is 11.1. The van der Waals surface area contributed by atoms with Crippen molar-refractivity contribution in [2.24, 2.45) is 0 Å². The first-order valence-corrected chi connectivity index (χ1v) is 9.21. The van der Waals surface area contributed by atoms with E-state index in [1.165, 1.54) is 6.26 Å². The number of hydrogen-bond donors (Lipinski definition) is 0. The fourth-order valence-electron chi connectivity index (χ4n) is 1.65. The molecular weight excluding hydrogens is 348 g/mol. The van der Waals surface area contributed by atoms with Crippen molar-refractivity contribution in [2.45, 2.75) is 11.8 Å². The number of sulfone groups is 1. The van der Waals surface area contributed by atoms with E-state index in [4.69, 9.17) is 14.2 Å². The minimum absolute atomic E-state index is 0.0944. The molecular formula is C13H19BrO5S. The van der Waals surface area contributed by atoms with Crippen LogP contribution in [0.5, 0.6) is 17.2 Å². The van der Waals surface area contributed by atoms with Crippen molar-refractivity contribution in [3.63, 3.8) is 0 Å². The van der Waals surface area contributed by atoms with E-state index in [9.17, 15) is 8.42 Å². The molecule has 20 heavy (non-hydrogen) atoms. The maximum atomic E-state index is 11.1. The Kier molecular flexibility index (Phi) is 6.61. The molecule has 0 atom stereocenters. The second-order valence-electron chi connectivity index (χ2n) is 4.29. The number of benzene rings is 1. The smallest absolute Gasteiger partial charge is 0.203 e. The molecule has 0 heterocycles. The zero-order chi connectivity index (χ0) is 15.2. The lowest BCUT2D eigenvalue weighted by Gasteiger charge is -2.15. The predicted octanol–water partition coefficient (Wildman–Crippen LogP) is 2.41. The summed E-state index contributed by atoms with van der Waals surface area (Å²) in [5, 5.41) is 0.675. The van der Waals surface area contributed by atoms with Gasteiger partial charge < -0.3 is 14.2 Å². The molecule has 1 rings (SSSR count). The molecule has 0 unspecified atom stereocenters. The number of ether oxygens (including phenoxy) is 3. The van der Waals surface area contributed by atoms with E-state index in [0.717, 1.165) is 5.56 Å². The Hall–Kier alpha value is -0.950. The Morgan fingerprint density at radius 1 is 1.15 bits per heavy atom. The van der Waals surface area contributed by atoms with Crippen LogP contribution in [0.15, 0.2) is 12.1 Å². The van der Waals surface area contributed by atoms with Crippen molar-refractivity contribution >= 4 is 25.8 Å². The zero-order valence-corrected chi connectivity index (χ0v) is 14.2. The summed E-state index contributed by atoms with van der Waals surface area (Å²) in [7, 11) is 0.134. The third-order valence-electron chi connectivity index (χ3n) is 2.58. The monoisotopic (exact) mass is 366 g/mol. The molecule has 1 aromatic rings. The highest BCUT2D eigenvalue weighted by atomic mass is 79.9. The largest absolute Gasteiger partial charge is 0.493 e. The topological polar surface area (TPSA) is 61.8 Å². The fraction of sp³-hybridized carbons (Fsp3) is 0.538. The number of halogens is 1. The van der Waals surface area contributed by atoms with Crippen molar-refractivity contribution in [3.05, 3.63) is 17.7 Å². The molecule has 0 radical (unpaired) electrons. The van der Waals surface area contributed by atoms with E-state index in [1.54, 1.807) is 14.2 Å². The lowest BCUT2D eigenvalue weighted by Crippen LogP contribution is -2.09. The summed E-state index contributed by atoms with van der Waals surface area (Å²) in [6.45, 7) is 0.285. The average Bonchev–Trinajstić information content (AvgIpc) is 2.41. The Labute approximate surface area is 128 Å². The maximum Gasteiger partial charge on any atom is 0.203 e. The second kappa shape index (κ2) is 7.73. The van der Waals surface area contributed by atoms with Crippen LogP contribution < -0.4 is 14.2 Å². The Morgan fingerprint density at radius 3 is 2.10 bits per heavy atom. The third-order valence-corrected chi connectivity index (χ3v) is 4.26. The summed E-state index contributed by atoms with van der Waals surface area (Å²) < 4.78 is 38.3. The molecule has 0 saturated heterocycles. The molecule has 0 aromatic heterocycles. The number of alkyl halides is 1. The molecule has 0 aliphatic carbocycles. The SMILES string of the molecule is COc1cc(CBr)cc(OC)c1OCCCS(C)(=O)=O. The highest BCUT2D eigenvalue weighted by Crippen LogP contribution is 2.39. The highest BCUT2D eigenvalue weighted by Gasteiger charge is 2.14. The summed E-state index contributed by atoms with van der Waals surface area (Å²) >= 11 is 3.38. The van der Waals surface area contributed by atoms with Crippen molar-refractivity contribution in [2.75, 3.05) is 32.8 Å². The van der Waals surface area contributed by atoms with Crippen LogP contribution in [0.25, 0.3) is 0 Å². The molecule has 0 aliphatic rings. The van der Waals surface area contributed by atoms with Gasteiger partial charge >= 0.3 is 0 Å². The van der Waals surface area contributed by atoms with Gasteiger partial charge in [-0.15, -0.1) is 0 Å². The van der Waals surface area contributed by atoms with Crippen LogP contribution in [-0.2, 0) is 15.2 Å². The molecule has 0 bridgehead atoms. The summed E-state index contributed by atoms with van der Waals surface area (Å²) in [5.74, 6) is 1.72. The summed E-state index contributed by atoms with van der Waals surface area (Å²) in [6.07, 6.45) is 1.63. The van der Waals surface area contributed by atoms with Gasteiger partial charge in [0.25, 0.3) is 0 Å². The van der Waals surface area contributed by atoms with Crippen LogP contribution in [-0.4, -0.2) is 41.3 Å². The van der Waals surface area contributed by atoms with Gasteiger partial charge in [0.1, 0.15) is 9.84 Å². The van der Waals surface area contributed by atoms with Crippen molar-refractivity contribution in [1.82, 2.24) is 0 Å². The van der Waals surface area contributed by atoms with Gasteiger partial charge in [-0.1, -0.05) is 15.9 Å². The van der Waals surface area contributed by atoms with Crippen LogP contribution >= 0.6 is 15.9 Å². The highest BCUT2D eigenvalue weighted by molar-refractivity contribution is 9.08. The lowest BCUT2D eigenvalue weighted by atomic mass is 10.2. The normalized spacial score (nSPS) is 11.2. The first-order valence-electron chi connectivity index (χ1n) is 6.02. The van der Waals surface area contributed by atoms with E-state index in [-0.39, 0.29) is 12.4 Å². The van der Waals surface area contributed by atoms with Crippen LogP contribution in [0.2, 0.25) is 0 Å². The molecule has 1 aromatic carbocycles. The molecule has 0 aliphatic heterocycles. The Bertz CT molecular complexity index is 517. The van der Waals surface area contributed by atoms with E-state index >= 15 is 0 Å². The first kappa shape index (κ1) is 17.1. The van der Waals surface area contributed by atoms with Gasteiger partial charge in [-0.2, -0.15) is 0 Å². The molecule has 0 saturated carbocycles. The van der Waals surface area contributed by atoms with E-state index in [2.05, 4.69) is 15.9 Å². The van der Waals surface area contributed by atoms with Crippen molar-refractivity contribution < 1.29 is 22.6 Å². The molecule has 5 nitrogen and oxygen atoms in total. The van der Waals surface area contributed by atoms with Crippen molar-refractivity contribution in [3.8, 4) is 17.2 Å². The Morgan fingerprint density at radius 2 is 1.70 bits per heavy atom. The fourth-order valence-corrected chi connectivity index (χ4v) is 2.61. The summed E-state index contributed by atoms with van der Waals surface area (Å²) in [6, 6.07) is 3.70. The van der Waals surface area contributed by atoms with Gasteiger partial charge in [0.2, 0.25) is 5.75 Å². The van der Waals surface area contributed by atoms with Gasteiger partial charge in [-0.3, -0.25) is 0 Å². The minimum atomic E-state index is -2.97. The number of methoxy groups -OCH3 is 2. The van der Waals surface area contributed by atoms with Crippen LogP contribution in [0.4, 0.5) is 0 Å². The van der Waals surface area contributed by atoms with E-state index in [1.807, 2.05) is 12.1 Å². The molecule has 7 heteroatoms. The minimum Gasteiger partial charge on any atom is -0.493 e. The molecule has 114 valence electrons. The van der Waals surface area contributed by atoms with Crippen LogP contribution in [0.3, 0.4) is 0 Å². The van der Waals surface area contributed by atoms with E-state index in [0.29, 0.717) is 29.0 Å². The lowest BCUT2D eigenvalue weighted by molar-refractivity contribution is 0.275.